The molecule has 0 aliphatic heterocycles. The van der Waals surface area contributed by atoms with E-state index in [9.17, 15) is 0 Å². The summed E-state index contributed by atoms with van der Waals surface area (Å²) in [6, 6.07) is 20.8. The van der Waals surface area contributed by atoms with Crippen LogP contribution in [-0.4, -0.2) is 9.97 Å². The number of nitrogens with zero attached hydrogens (tertiary/aromatic N) is 1. The minimum Gasteiger partial charge on any atom is -0.374 e. The number of hydrogen-bond donors (Lipinski definition) is 2. The van der Waals surface area contributed by atoms with Crippen LogP contribution in [0.25, 0.3) is 10.9 Å². The molecule has 2 heterocycles. The lowest BCUT2D eigenvalue weighted by atomic mass is 9.97. The zero-order valence-electron chi connectivity index (χ0n) is 13.8. The third kappa shape index (κ3) is 3.17. The summed E-state index contributed by atoms with van der Waals surface area (Å²) in [5.41, 5.74) is 5.78. The van der Waals surface area contributed by atoms with Gasteiger partial charge in [0.05, 0.1) is 6.04 Å². The largest absolute Gasteiger partial charge is 0.374 e. The molecule has 124 valence electrons. The number of halogens is 1. The van der Waals surface area contributed by atoms with Gasteiger partial charge in [-0.05, 0) is 48.9 Å². The average Bonchev–Trinajstić information content (AvgIpc) is 2.98. The second-order valence-corrected chi connectivity index (χ2v) is 7.00. The predicted octanol–water partition coefficient (Wildman–Crippen LogP) is 5.84. The molecule has 3 nitrogen and oxygen atoms in total. The third-order valence-corrected chi connectivity index (χ3v) is 4.93. The predicted molar refractivity (Wildman–Crippen MR) is 107 cm³/mol. The van der Waals surface area contributed by atoms with Crippen molar-refractivity contribution in [3.63, 3.8) is 0 Å². The second kappa shape index (κ2) is 6.73. The fourth-order valence-corrected chi connectivity index (χ4v) is 3.52. The van der Waals surface area contributed by atoms with Gasteiger partial charge < -0.3 is 10.3 Å². The molecule has 0 spiro atoms. The van der Waals surface area contributed by atoms with Gasteiger partial charge in [0.15, 0.2) is 0 Å². The van der Waals surface area contributed by atoms with Crippen molar-refractivity contribution in [3.05, 3.63) is 94.4 Å². The number of rotatable bonds is 4. The number of anilines is 1. The van der Waals surface area contributed by atoms with Crippen molar-refractivity contribution in [1.29, 1.82) is 0 Å². The molecule has 25 heavy (non-hydrogen) atoms. The highest BCUT2D eigenvalue weighted by Gasteiger charge is 2.21. The summed E-state index contributed by atoms with van der Waals surface area (Å²) in [6.07, 6.45) is 3.74. The van der Waals surface area contributed by atoms with Crippen molar-refractivity contribution in [2.75, 3.05) is 5.32 Å². The van der Waals surface area contributed by atoms with Crippen LogP contribution < -0.4 is 5.32 Å². The molecular weight excluding hydrogens is 374 g/mol. The van der Waals surface area contributed by atoms with E-state index < -0.39 is 0 Å². The van der Waals surface area contributed by atoms with Crippen molar-refractivity contribution >= 4 is 32.5 Å². The number of para-hydroxylation sites is 1. The minimum absolute atomic E-state index is 0.0195. The molecule has 0 unspecified atom stereocenters. The maximum Gasteiger partial charge on any atom is 0.0805 e. The van der Waals surface area contributed by atoms with Crippen LogP contribution in [-0.2, 0) is 0 Å². The van der Waals surface area contributed by atoms with Crippen LogP contribution in [0.2, 0.25) is 0 Å². The van der Waals surface area contributed by atoms with Gasteiger partial charge in [-0.15, -0.1) is 0 Å². The van der Waals surface area contributed by atoms with Gasteiger partial charge >= 0.3 is 0 Å². The number of aromatic nitrogens is 2. The Labute approximate surface area is 155 Å². The summed E-state index contributed by atoms with van der Waals surface area (Å²) in [6.45, 7) is 2.13. The first kappa shape index (κ1) is 15.9. The van der Waals surface area contributed by atoms with Gasteiger partial charge in [-0.1, -0.05) is 40.2 Å². The first-order valence-electron chi connectivity index (χ1n) is 8.21. The van der Waals surface area contributed by atoms with Crippen molar-refractivity contribution < 1.29 is 0 Å². The average molecular weight is 392 g/mol. The molecular formula is C21H18BrN3. The first-order chi connectivity index (χ1) is 12.2. The van der Waals surface area contributed by atoms with Crippen molar-refractivity contribution in [2.24, 2.45) is 0 Å². The number of pyridine rings is 1. The summed E-state index contributed by atoms with van der Waals surface area (Å²) < 4.78 is 1.07. The van der Waals surface area contributed by atoms with Gasteiger partial charge in [0.2, 0.25) is 0 Å². The van der Waals surface area contributed by atoms with Crippen LogP contribution in [0.15, 0.2) is 77.5 Å². The van der Waals surface area contributed by atoms with E-state index in [-0.39, 0.29) is 6.04 Å². The smallest absolute Gasteiger partial charge is 0.0805 e. The highest BCUT2D eigenvalue weighted by Crippen LogP contribution is 2.34. The Kier molecular flexibility index (Phi) is 4.28. The standard InChI is InChI=1S/C21H18BrN3/c1-14-20(18-6-2-3-7-19(18)24-14)21(15-5-4-12-23-13-15)25-17-10-8-16(22)9-11-17/h2-13,21,24-25H,1H3/t21-/m0/s1. The van der Waals surface area contributed by atoms with Crippen molar-refractivity contribution in [1.82, 2.24) is 9.97 Å². The van der Waals surface area contributed by atoms with E-state index in [1.165, 1.54) is 16.6 Å². The Morgan fingerprint density at radius 2 is 1.80 bits per heavy atom. The SMILES string of the molecule is Cc1[nH]c2ccccc2c1[C@@H](Nc1ccc(Br)cc1)c1cccnc1. The van der Waals surface area contributed by atoms with E-state index in [2.05, 4.69) is 80.6 Å². The molecule has 2 N–H and O–H groups in total. The third-order valence-electron chi connectivity index (χ3n) is 4.41. The summed E-state index contributed by atoms with van der Waals surface area (Å²) in [4.78, 5) is 7.83. The number of nitrogens with one attached hydrogen (secondary N) is 2. The zero-order valence-corrected chi connectivity index (χ0v) is 15.4. The number of benzene rings is 2. The fraction of sp³-hybridized carbons (Fsp3) is 0.0952. The van der Waals surface area contributed by atoms with Gasteiger partial charge in [-0.3, -0.25) is 4.98 Å². The summed E-state index contributed by atoms with van der Waals surface area (Å²) >= 11 is 3.50. The van der Waals surface area contributed by atoms with Crippen LogP contribution >= 0.6 is 15.9 Å². The molecule has 2 aromatic heterocycles. The molecule has 0 aliphatic carbocycles. The topological polar surface area (TPSA) is 40.7 Å². The molecule has 0 radical (unpaired) electrons. The van der Waals surface area contributed by atoms with E-state index in [1.807, 2.05) is 30.6 Å². The minimum atomic E-state index is 0.0195. The van der Waals surface area contributed by atoms with E-state index in [1.54, 1.807) is 0 Å². The molecule has 4 rings (SSSR count). The monoisotopic (exact) mass is 391 g/mol. The van der Waals surface area contributed by atoms with Crippen LogP contribution in [0.1, 0.15) is 22.9 Å². The van der Waals surface area contributed by atoms with Gasteiger partial charge in [0.25, 0.3) is 0 Å². The molecule has 0 bridgehead atoms. The summed E-state index contributed by atoms with van der Waals surface area (Å²) in [7, 11) is 0. The Balaban J connectivity index is 1.85. The molecule has 4 aromatic rings. The number of aryl methyl sites for hydroxylation is 1. The van der Waals surface area contributed by atoms with Crippen LogP contribution in [0.5, 0.6) is 0 Å². The van der Waals surface area contributed by atoms with E-state index in [0.29, 0.717) is 0 Å². The van der Waals surface area contributed by atoms with Crippen LogP contribution in [0, 0.1) is 6.92 Å². The molecule has 0 saturated heterocycles. The molecule has 2 aromatic carbocycles. The Morgan fingerprint density at radius 1 is 1.00 bits per heavy atom. The molecule has 4 heteroatoms. The van der Waals surface area contributed by atoms with Crippen LogP contribution in [0.4, 0.5) is 5.69 Å². The van der Waals surface area contributed by atoms with Crippen molar-refractivity contribution in [2.45, 2.75) is 13.0 Å². The highest BCUT2D eigenvalue weighted by atomic mass is 79.9. The highest BCUT2D eigenvalue weighted by molar-refractivity contribution is 9.10. The fourth-order valence-electron chi connectivity index (χ4n) is 3.25. The van der Waals surface area contributed by atoms with Gasteiger partial charge in [0.1, 0.15) is 0 Å². The number of H-pyrrole nitrogens is 1. The number of aromatic amines is 1. The Morgan fingerprint density at radius 3 is 2.56 bits per heavy atom. The maximum absolute atomic E-state index is 4.32. The second-order valence-electron chi connectivity index (χ2n) is 6.08. The first-order valence-corrected chi connectivity index (χ1v) is 9.01. The maximum atomic E-state index is 4.32. The molecule has 1 atom stereocenters. The molecule has 0 aliphatic rings. The van der Waals surface area contributed by atoms with Gasteiger partial charge in [-0.2, -0.15) is 0 Å². The van der Waals surface area contributed by atoms with Gasteiger partial charge in [0, 0.05) is 44.7 Å². The molecule has 0 amide bonds. The lowest BCUT2D eigenvalue weighted by Crippen LogP contribution is -2.13. The quantitative estimate of drug-likeness (QED) is 0.458. The van der Waals surface area contributed by atoms with Gasteiger partial charge in [-0.25, -0.2) is 0 Å². The number of hydrogen-bond acceptors (Lipinski definition) is 2. The van der Waals surface area contributed by atoms with Crippen LogP contribution in [0.3, 0.4) is 0 Å². The lowest BCUT2D eigenvalue weighted by molar-refractivity contribution is 0.922. The Bertz CT molecular complexity index is 991. The molecule has 0 fully saturated rings. The lowest BCUT2D eigenvalue weighted by Gasteiger charge is -2.21. The zero-order chi connectivity index (χ0) is 17.2. The molecule has 0 saturated carbocycles. The van der Waals surface area contributed by atoms with E-state index in [0.717, 1.165) is 21.2 Å². The number of fused-ring (bicyclic) bond motifs is 1. The van der Waals surface area contributed by atoms with Crippen molar-refractivity contribution in [3.8, 4) is 0 Å². The summed E-state index contributed by atoms with van der Waals surface area (Å²) in [5.74, 6) is 0. The normalized spacial score (nSPS) is 12.2. The Hall–Kier alpha value is -2.59. The summed E-state index contributed by atoms with van der Waals surface area (Å²) in [5, 5.41) is 4.91. The van der Waals surface area contributed by atoms with E-state index >= 15 is 0 Å². The van der Waals surface area contributed by atoms with E-state index in [4.69, 9.17) is 0 Å².